The van der Waals surface area contributed by atoms with Crippen molar-refractivity contribution in [3.8, 4) is 5.75 Å². The van der Waals surface area contributed by atoms with Gasteiger partial charge >= 0.3 is 6.09 Å². The molecule has 3 aromatic carbocycles. The van der Waals surface area contributed by atoms with Gasteiger partial charge in [-0.05, 0) is 124 Å². The molecule has 1 aliphatic heterocycles. The van der Waals surface area contributed by atoms with Crippen molar-refractivity contribution in [3.05, 3.63) is 126 Å². The largest absolute Gasteiger partial charge is 0.508 e. The molecule has 0 saturated carbocycles. The Labute approximate surface area is 499 Å². The summed E-state index contributed by atoms with van der Waals surface area (Å²) in [5.74, 6) is -3.68. The Kier molecular flexibility index (Phi) is 25.3. The van der Waals surface area contributed by atoms with Gasteiger partial charge in [-0.15, -0.1) is 0 Å². The molecule has 1 unspecified atom stereocenters. The number of carbonyl (C=O) groups is 7. The molecular formula is C61H82N10O11S2. The number of β-amino-alcohol motifs (C(OH)–C–C–N with tert-alkyl or cyclic N) is 1. The van der Waals surface area contributed by atoms with Crippen LogP contribution in [0.1, 0.15) is 96.3 Å². The third-order valence-electron chi connectivity index (χ3n) is 14.3. The van der Waals surface area contributed by atoms with Gasteiger partial charge < -0.3 is 66.7 Å². The van der Waals surface area contributed by atoms with E-state index < -0.39 is 89.8 Å². The van der Waals surface area contributed by atoms with Crippen LogP contribution in [0, 0.1) is 0 Å². The minimum Gasteiger partial charge on any atom is -0.508 e. The first-order valence-corrected chi connectivity index (χ1v) is 30.9. The molecule has 10 N–H and O–H groups in total. The predicted molar refractivity (Wildman–Crippen MR) is 324 cm³/mol. The summed E-state index contributed by atoms with van der Waals surface area (Å²) in [5.41, 5.74) is -0.638. The zero-order valence-electron chi connectivity index (χ0n) is 48.7. The number of likely N-dealkylation sites (N-methyl/N-ethyl adjacent to an activating group) is 1. The zero-order valence-corrected chi connectivity index (χ0v) is 50.4. The molecule has 6 rings (SSSR count). The number of unbranched alkanes of at least 4 members (excludes halogenated alkanes) is 2. The van der Waals surface area contributed by atoms with Crippen molar-refractivity contribution in [1.29, 1.82) is 0 Å². The number of pyridine rings is 1. The Morgan fingerprint density at radius 3 is 2.14 bits per heavy atom. The van der Waals surface area contributed by atoms with Gasteiger partial charge in [0.1, 0.15) is 40.5 Å². The van der Waals surface area contributed by atoms with Crippen LogP contribution in [-0.4, -0.2) is 163 Å². The fourth-order valence-corrected chi connectivity index (χ4v) is 11.4. The summed E-state index contributed by atoms with van der Waals surface area (Å²) in [5, 5.41) is 52.3. The van der Waals surface area contributed by atoms with Gasteiger partial charge in [0.25, 0.3) is 0 Å². The number of benzene rings is 3. The van der Waals surface area contributed by atoms with Crippen LogP contribution in [0.15, 0.2) is 114 Å². The minimum atomic E-state index is -2.48. The van der Waals surface area contributed by atoms with Gasteiger partial charge in [-0.3, -0.25) is 28.8 Å². The van der Waals surface area contributed by atoms with Crippen molar-refractivity contribution >= 4 is 74.0 Å². The number of amides is 7. The monoisotopic (exact) mass is 1190 g/mol. The van der Waals surface area contributed by atoms with E-state index in [2.05, 4.69) is 41.9 Å². The SMILES string of the molecule is CCCCN(CCSSc1ccccn1)C(=O)CC[C@H]1C(=O)N[C@@H](Cc2ccc(O)cc2)C(=O)N[C@H](Cc2c[nH]c3ccccc23)C(=O)N[C@@H](CCCCNC(=O)OC(C)(C)C)C(=O)NC(O)([C@@H](C)O)CN[C@@H](Cc2ccccc2)C(=O)N1C. The van der Waals surface area contributed by atoms with E-state index in [1.165, 1.54) is 41.8 Å². The van der Waals surface area contributed by atoms with Crippen LogP contribution >= 0.6 is 21.6 Å². The number of phenols is 1. The fraction of sp³-hybridized carbons (Fsp3) is 0.475. The molecule has 3 heterocycles. The van der Waals surface area contributed by atoms with Crippen LogP contribution in [0.2, 0.25) is 0 Å². The third kappa shape index (κ3) is 20.6. The zero-order chi connectivity index (χ0) is 60.8. The maximum Gasteiger partial charge on any atom is 0.407 e. The molecule has 84 heavy (non-hydrogen) atoms. The van der Waals surface area contributed by atoms with E-state index in [0.29, 0.717) is 42.0 Å². The van der Waals surface area contributed by atoms with Crippen molar-refractivity contribution in [1.82, 2.24) is 51.7 Å². The Bertz CT molecular complexity index is 2950. The molecular weight excluding hydrogens is 1110 g/mol. The molecule has 454 valence electrons. The number of aromatic amines is 1. The van der Waals surface area contributed by atoms with E-state index >= 15 is 14.4 Å². The number of para-hydroxylation sites is 1. The molecule has 21 nitrogen and oxygen atoms in total. The number of aliphatic hydroxyl groups excluding tert-OH is 1. The van der Waals surface area contributed by atoms with Crippen molar-refractivity contribution in [2.24, 2.45) is 0 Å². The van der Waals surface area contributed by atoms with Gasteiger partial charge in [-0.2, -0.15) is 0 Å². The average molecular weight is 1200 g/mol. The average Bonchev–Trinajstić information content (AvgIpc) is 3.86. The first-order valence-electron chi connectivity index (χ1n) is 28.6. The summed E-state index contributed by atoms with van der Waals surface area (Å²) in [6, 6.07) is 21.1. The molecule has 0 spiro atoms. The molecule has 7 amide bonds. The normalized spacial score (nSPS) is 20.8. The second kappa shape index (κ2) is 32.2. The highest BCUT2D eigenvalue weighted by Gasteiger charge is 2.41. The number of nitrogens with zero attached hydrogens (tertiary/aromatic N) is 3. The summed E-state index contributed by atoms with van der Waals surface area (Å²) in [7, 11) is 4.47. The molecule has 7 atom stereocenters. The second-order valence-corrected chi connectivity index (χ2v) is 24.5. The maximum atomic E-state index is 15.3. The number of alkyl carbamates (subject to hydrolysis) is 1. The third-order valence-corrected chi connectivity index (χ3v) is 16.5. The number of phenolic OH excluding ortho intramolecular Hbond substituents is 1. The summed E-state index contributed by atoms with van der Waals surface area (Å²) in [4.78, 5) is 113. The molecule has 0 radical (unpaired) electrons. The lowest BCUT2D eigenvalue weighted by Crippen LogP contribution is -2.67. The number of carbonyl (C=O) groups excluding carboxylic acids is 7. The van der Waals surface area contributed by atoms with E-state index in [1.807, 2.05) is 49.4 Å². The Morgan fingerprint density at radius 2 is 1.45 bits per heavy atom. The number of aromatic nitrogens is 2. The van der Waals surface area contributed by atoms with Crippen molar-refractivity contribution in [2.75, 3.05) is 39.0 Å². The Morgan fingerprint density at radius 1 is 0.798 bits per heavy atom. The molecule has 5 aromatic rings. The first kappa shape index (κ1) is 66.0. The highest BCUT2D eigenvalue weighted by Crippen LogP contribution is 2.29. The van der Waals surface area contributed by atoms with Gasteiger partial charge in [0.2, 0.25) is 35.4 Å². The number of rotatable bonds is 23. The number of hydrogen-bond acceptors (Lipinski definition) is 15. The first-order chi connectivity index (χ1) is 40.1. The summed E-state index contributed by atoms with van der Waals surface area (Å²) < 4.78 is 5.36. The Hall–Kier alpha value is -7.18. The predicted octanol–water partition coefficient (Wildman–Crippen LogP) is 5.28. The van der Waals surface area contributed by atoms with Gasteiger partial charge in [-0.25, -0.2) is 9.78 Å². The molecule has 23 heteroatoms. The van der Waals surface area contributed by atoms with Crippen LogP contribution in [0.5, 0.6) is 5.75 Å². The van der Waals surface area contributed by atoms with Crippen LogP contribution in [0.25, 0.3) is 10.9 Å². The Balaban J connectivity index is 1.39. The van der Waals surface area contributed by atoms with Gasteiger partial charge in [0.05, 0.1) is 12.1 Å². The molecule has 0 bridgehead atoms. The van der Waals surface area contributed by atoms with E-state index in [9.17, 15) is 34.5 Å². The van der Waals surface area contributed by atoms with E-state index in [4.69, 9.17) is 4.74 Å². The number of hydrogen-bond donors (Lipinski definition) is 10. The van der Waals surface area contributed by atoms with Crippen LogP contribution < -0.4 is 31.9 Å². The highest BCUT2D eigenvalue weighted by atomic mass is 33.1. The van der Waals surface area contributed by atoms with Crippen LogP contribution in [-0.2, 0) is 52.8 Å². The summed E-state index contributed by atoms with van der Waals surface area (Å²) in [6.45, 7) is 8.87. The molecule has 1 aliphatic rings. The fourth-order valence-electron chi connectivity index (χ4n) is 9.51. The number of fused-ring (bicyclic) bond motifs is 1. The minimum absolute atomic E-state index is 0.000190. The van der Waals surface area contributed by atoms with Crippen LogP contribution in [0.4, 0.5) is 4.79 Å². The van der Waals surface area contributed by atoms with Crippen molar-refractivity contribution < 1.29 is 53.6 Å². The van der Waals surface area contributed by atoms with Crippen LogP contribution in [0.3, 0.4) is 0 Å². The van der Waals surface area contributed by atoms with E-state index in [0.717, 1.165) is 28.8 Å². The number of ether oxygens (including phenoxy) is 1. The lowest BCUT2D eigenvalue weighted by molar-refractivity contribution is -0.146. The maximum absolute atomic E-state index is 15.3. The number of aliphatic hydroxyl groups is 2. The van der Waals surface area contributed by atoms with E-state index in [-0.39, 0.29) is 63.1 Å². The molecule has 0 aliphatic carbocycles. The number of nitrogens with one attached hydrogen (secondary N) is 7. The summed E-state index contributed by atoms with van der Waals surface area (Å²) in [6.07, 6.45) is 2.53. The van der Waals surface area contributed by atoms with E-state index in [1.54, 1.807) is 91.3 Å². The molecule has 1 saturated heterocycles. The highest BCUT2D eigenvalue weighted by molar-refractivity contribution is 8.76. The van der Waals surface area contributed by atoms with Crippen molar-refractivity contribution in [2.45, 2.75) is 151 Å². The standard InChI is InChI=1S/C61H82N10O11S2/c1-7-8-32-71(33-34-83-84-52-23-15-17-30-62-52)53(74)29-28-51-57(78)68-48(35-42-24-26-44(73)27-25-42)54(75)67-49(37-43-38-64-46-21-13-12-20-45(43)46)55(76)66-47(22-14-16-31-63-59(80)82-60(3,4)5)56(77)69-61(81,40(2)72)39-65-50(58(79)70(51)6)36-41-18-10-9-11-19-41/h9-13,15,17-21,23-27,30,38,40,47-51,64-65,72-73,81H,7-8,14,16,22,28-29,31-37,39H2,1-6H3,(H,63,80)(H,66,76)(H,67,75)(H,68,78)(H,69,77)/t40-,47+,48+,49-,50+,51+,61?/m1/s1. The number of H-pyrrole nitrogens is 1. The second-order valence-electron chi connectivity index (χ2n) is 22.1. The lowest BCUT2D eigenvalue weighted by atomic mass is 9.99. The van der Waals surface area contributed by atoms with Gasteiger partial charge in [0.15, 0.2) is 5.72 Å². The van der Waals surface area contributed by atoms with Gasteiger partial charge in [-0.1, -0.05) is 90.9 Å². The smallest absolute Gasteiger partial charge is 0.407 e. The molecule has 1 fully saturated rings. The quantitative estimate of drug-likeness (QED) is 0.0294. The van der Waals surface area contributed by atoms with Gasteiger partial charge in [0, 0.05) is 81.5 Å². The number of aromatic hydroxyl groups is 1. The molecule has 2 aromatic heterocycles. The van der Waals surface area contributed by atoms with Crippen molar-refractivity contribution in [3.63, 3.8) is 0 Å². The summed E-state index contributed by atoms with van der Waals surface area (Å²) >= 11 is 0. The lowest BCUT2D eigenvalue weighted by Gasteiger charge is -2.37. The topological polar surface area (TPSA) is 297 Å².